The van der Waals surface area contributed by atoms with Gasteiger partial charge < -0.3 is 16.0 Å². The average molecular weight is 483 g/mol. The van der Waals surface area contributed by atoms with Gasteiger partial charge in [-0.1, -0.05) is 24.3 Å². The van der Waals surface area contributed by atoms with E-state index in [9.17, 15) is 4.79 Å². The number of rotatable bonds is 4. The number of aromatic nitrogens is 2. The molecule has 2 heterocycles. The normalized spacial score (nSPS) is 16.7. The third-order valence-electron chi connectivity index (χ3n) is 5.79. The summed E-state index contributed by atoms with van der Waals surface area (Å²) in [6.45, 7) is 6.39. The fourth-order valence-corrected chi connectivity index (χ4v) is 4.10. The zero-order valence-corrected chi connectivity index (χ0v) is 20.7. The van der Waals surface area contributed by atoms with Gasteiger partial charge in [0.2, 0.25) is 0 Å². The Balaban J connectivity index is 1.85. The number of benzene rings is 2. The molecule has 0 fully saturated rings. The minimum Gasteiger partial charge on any atom is -0.379 e. The van der Waals surface area contributed by atoms with Crippen LogP contribution < -0.4 is 11.5 Å². The lowest BCUT2D eigenvalue weighted by Gasteiger charge is -2.25. The third-order valence-corrected chi connectivity index (χ3v) is 5.79. The first kappa shape index (κ1) is 24.7. The minimum atomic E-state index is -0.804. The van der Waals surface area contributed by atoms with Gasteiger partial charge in [0, 0.05) is 23.7 Å². The van der Waals surface area contributed by atoms with Gasteiger partial charge in [0.15, 0.2) is 5.84 Å². The number of imidazole rings is 1. The number of amidine groups is 2. The molecule has 0 aliphatic carbocycles. The molecule has 0 saturated heterocycles. The number of para-hydroxylation sites is 1. The van der Waals surface area contributed by atoms with Crippen LogP contribution in [0.5, 0.6) is 0 Å². The maximum Gasteiger partial charge on any atom is 0.283 e. The van der Waals surface area contributed by atoms with Gasteiger partial charge in [-0.3, -0.25) is 10.2 Å². The summed E-state index contributed by atoms with van der Waals surface area (Å²) in [6.07, 6.45) is 7.67. The van der Waals surface area contributed by atoms with E-state index in [1.165, 1.54) is 6.34 Å². The molecule has 1 aliphatic rings. The number of amides is 1. The third kappa shape index (κ3) is 5.30. The SMILES string of the molecule is CC(C)(C)n1c(-c2ccccc2N=CN=C(N)C(N)=O)nc2cc(/C3=C/CCCC(=N)N=C3)ccc21. The summed E-state index contributed by atoms with van der Waals surface area (Å²) < 4.78 is 2.19. The maximum atomic E-state index is 11.1. The monoisotopic (exact) mass is 482 g/mol. The minimum absolute atomic E-state index is 0.271. The van der Waals surface area contributed by atoms with Crippen LogP contribution in [-0.2, 0) is 10.3 Å². The first-order valence-corrected chi connectivity index (χ1v) is 11.7. The van der Waals surface area contributed by atoms with Gasteiger partial charge >= 0.3 is 0 Å². The highest BCUT2D eigenvalue weighted by Gasteiger charge is 2.24. The number of nitrogens with zero attached hydrogens (tertiary/aromatic N) is 5. The second-order valence-electron chi connectivity index (χ2n) is 9.54. The highest BCUT2D eigenvalue weighted by atomic mass is 16.1. The van der Waals surface area contributed by atoms with Crippen LogP contribution in [0.25, 0.3) is 28.0 Å². The van der Waals surface area contributed by atoms with E-state index in [-0.39, 0.29) is 11.4 Å². The van der Waals surface area contributed by atoms with Gasteiger partial charge in [-0.15, -0.1) is 0 Å². The van der Waals surface area contributed by atoms with Crippen LogP contribution in [0.15, 0.2) is 63.5 Å². The standard InChI is InChI=1S/C27H30N8O/c1-27(2,3)35-22-13-12-17(18-8-4-7-11-23(28)31-15-18)14-21(22)34-26(35)19-9-5-6-10-20(19)32-16-33-24(29)25(30)36/h5-6,8-10,12-16,28H,4,7,11H2,1-3H3,(H2,30,36)(H2,29,32,33)/b18-8+,28-23?,31-15?. The number of hydrogen-bond acceptors (Lipinski definition) is 4. The predicted octanol–water partition coefficient (Wildman–Crippen LogP) is 4.58. The van der Waals surface area contributed by atoms with Gasteiger partial charge in [-0.2, -0.15) is 0 Å². The largest absolute Gasteiger partial charge is 0.379 e. The second kappa shape index (κ2) is 10.1. The Kier molecular flexibility index (Phi) is 6.91. The Morgan fingerprint density at radius 3 is 2.69 bits per heavy atom. The van der Waals surface area contributed by atoms with Crippen molar-refractivity contribution in [3.8, 4) is 11.4 Å². The lowest BCUT2D eigenvalue weighted by Crippen LogP contribution is -2.30. The number of allylic oxidation sites excluding steroid dienone is 2. The van der Waals surface area contributed by atoms with Crippen molar-refractivity contribution in [2.24, 2.45) is 26.4 Å². The maximum absolute atomic E-state index is 11.1. The van der Waals surface area contributed by atoms with Gasteiger partial charge in [0.25, 0.3) is 5.91 Å². The highest BCUT2D eigenvalue weighted by Crippen LogP contribution is 2.36. The lowest BCUT2D eigenvalue weighted by molar-refractivity contribution is -0.112. The van der Waals surface area contributed by atoms with Crippen molar-refractivity contribution in [2.45, 2.75) is 45.6 Å². The molecular weight excluding hydrogens is 452 g/mol. The molecule has 0 saturated carbocycles. The van der Waals surface area contributed by atoms with Crippen molar-refractivity contribution in [1.29, 1.82) is 5.41 Å². The molecule has 2 aromatic carbocycles. The molecule has 0 unspecified atom stereocenters. The number of primary amides is 1. The summed E-state index contributed by atoms with van der Waals surface area (Å²) in [5.74, 6) is 0.0469. The number of hydrogen-bond donors (Lipinski definition) is 3. The van der Waals surface area contributed by atoms with Crippen molar-refractivity contribution in [3.63, 3.8) is 0 Å². The number of nitrogens with one attached hydrogen (secondary N) is 1. The van der Waals surface area contributed by atoms with Crippen LogP contribution >= 0.6 is 0 Å². The fraction of sp³-hybridized carbons (Fsp3) is 0.259. The molecule has 184 valence electrons. The van der Waals surface area contributed by atoms with Gasteiger partial charge in [0.1, 0.15) is 18.0 Å². The van der Waals surface area contributed by atoms with E-state index in [0.29, 0.717) is 17.9 Å². The van der Waals surface area contributed by atoms with E-state index in [1.807, 2.05) is 24.3 Å². The number of carbonyl (C=O) groups excluding carboxylic acids is 1. The Hall–Kier alpha value is -4.40. The van der Waals surface area contributed by atoms with Crippen LogP contribution in [0.4, 0.5) is 5.69 Å². The Morgan fingerprint density at radius 2 is 1.94 bits per heavy atom. The summed E-state index contributed by atoms with van der Waals surface area (Å²) >= 11 is 0. The molecule has 9 heteroatoms. The number of fused-ring (bicyclic) bond motifs is 1. The van der Waals surface area contributed by atoms with Gasteiger partial charge in [-0.05, 0) is 69.0 Å². The Bertz CT molecular complexity index is 1450. The number of aliphatic imine (C=N–C) groups is 3. The van der Waals surface area contributed by atoms with Crippen LogP contribution in [0.2, 0.25) is 0 Å². The van der Waals surface area contributed by atoms with E-state index < -0.39 is 5.91 Å². The molecule has 36 heavy (non-hydrogen) atoms. The fourth-order valence-electron chi connectivity index (χ4n) is 4.10. The van der Waals surface area contributed by atoms with Gasteiger partial charge in [0.05, 0.1) is 16.7 Å². The van der Waals surface area contributed by atoms with E-state index in [0.717, 1.165) is 46.4 Å². The molecule has 4 rings (SSSR count). The van der Waals surface area contributed by atoms with E-state index in [4.69, 9.17) is 21.9 Å². The predicted molar refractivity (Wildman–Crippen MR) is 147 cm³/mol. The molecule has 0 bridgehead atoms. The molecule has 1 amide bonds. The van der Waals surface area contributed by atoms with Crippen molar-refractivity contribution in [1.82, 2.24) is 9.55 Å². The summed E-state index contributed by atoms with van der Waals surface area (Å²) in [6, 6.07) is 13.8. The molecule has 3 aromatic rings. The molecule has 5 N–H and O–H groups in total. The van der Waals surface area contributed by atoms with Crippen molar-refractivity contribution >= 4 is 52.4 Å². The van der Waals surface area contributed by atoms with Crippen LogP contribution in [-0.4, -0.2) is 39.7 Å². The Morgan fingerprint density at radius 1 is 1.17 bits per heavy atom. The topological polar surface area (TPSA) is 148 Å². The summed E-state index contributed by atoms with van der Waals surface area (Å²) in [5.41, 5.74) is 15.7. The molecule has 1 aromatic heterocycles. The highest BCUT2D eigenvalue weighted by molar-refractivity contribution is 6.37. The van der Waals surface area contributed by atoms with Crippen molar-refractivity contribution in [2.75, 3.05) is 0 Å². The van der Waals surface area contributed by atoms with E-state index in [1.54, 1.807) is 6.21 Å². The molecule has 0 spiro atoms. The smallest absolute Gasteiger partial charge is 0.283 e. The average Bonchev–Trinajstić information content (AvgIpc) is 3.21. The summed E-state index contributed by atoms with van der Waals surface area (Å²) in [5, 5.41) is 7.93. The quantitative estimate of drug-likeness (QED) is 0.369. The molecule has 1 aliphatic heterocycles. The number of carbonyl (C=O) groups is 1. The summed E-state index contributed by atoms with van der Waals surface area (Å²) in [7, 11) is 0. The van der Waals surface area contributed by atoms with Crippen LogP contribution in [0, 0.1) is 5.41 Å². The molecule has 0 atom stereocenters. The van der Waals surface area contributed by atoms with E-state index in [2.05, 4.69) is 64.6 Å². The zero-order valence-electron chi connectivity index (χ0n) is 20.7. The zero-order chi connectivity index (χ0) is 25.9. The van der Waals surface area contributed by atoms with Crippen LogP contribution in [0.1, 0.15) is 45.6 Å². The molecule has 0 radical (unpaired) electrons. The van der Waals surface area contributed by atoms with Gasteiger partial charge in [-0.25, -0.2) is 20.0 Å². The second-order valence-corrected chi connectivity index (χ2v) is 9.54. The Labute approximate surface area is 209 Å². The molecular formula is C27H30N8O. The van der Waals surface area contributed by atoms with E-state index >= 15 is 0 Å². The first-order valence-electron chi connectivity index (χ1n) is 11.7. The van der Waals surface area contributed by atoms with Crippen molar-refractivity contribution < 1.29 is 4.79 Å². The van der Waals surface area contributed by atoms with Crippen molar-refractivity contribution in [3.05, 3.63) is 54.1 Å². The lowest BCUT2D eigenvalue weighted by atomic mass is 10.0. The van der Waals surface area contributed by atoms with Crippen LogP contribution in [0.3, 0.4) is 0 Å². The molecule has 9 nitrogen and oxygen atoms in total. The first-order chi connectivity index (χ1) is 17.1. The summed E-state index contributed by atoms with van der Waals surface area (Å²) in [4.78, 5) is 28.7. The number of nitrogens with two attached hydrogens (primary N) is 2.